The molecule has 0 aliphatic rings. The van der Waals surface area contributed by atoms with E-state index < -0.39 is 0 Å². The van der Waals surface area contributed by atoms with E-state index in [0.717, 1.165) is 33.8 Å². The van der Waals surface area contributed by atoms with E-state index >= 15 is 0 Å². The molecule has 1 unspecified atom stereocenters. The SMILES string of the molecule is CNC(c1cc2ccccc2o1)c1cc(C)oc1C. The first-order valence-electron chi connectivity index (χ1n) is 6.41. The molecule has 3 rings (SSSR count). The number of aryl methyl sites for hydroxylation is 2. The van der Waals surface area contributed by atoms with E-state index in [0.29, 0.717) is 0 Å². The second-order valence-electron chi connectivity index (χ2n) is 4.78. The lowest BCUT2D eigenvalue weighted by atomic mass is 10.1. The summed E-state index contributed by atoms with van der Waals surface area (Å²) < 4.78 is 11.5. The van der Waals surface area contributed by atoms with Crippen LogP contribution in [0.15, 0.2) is 45.2 Å². The van der Waals surface area contributed by atoms with Crippen molar-refractivity contribution in [1.29, 1.82) is 0 Å². The summed E-state index contributed by atoms with van der Waals surface area (Å²) in [6.07, 6.45) is 0. The van der Waals surface area contributed by atoms with Crippen molar-refractivity contribution in [3.05, 3.63) is 59.2 Å². The molecule has 0 saturated carbocycles. The van der Waals surface area contributed by atoms with Gasteiger partial charge in [-0.25, -0.2) is 0 Å². The third-order valence-corrected chi connectivity index (χ3v) is 3.41. The van der Waals surface area contributed by atoms with E-state index in [1.54, 1.807) is 0 Å². The molecule has 3 nitrogen and oxygen atoms in total. The zero-order valence-corrected chi connectivity index (χ0v) is 11.4. The van der Waals surface area contributed by atoms with Crippen molar-refractivity contribution in [2.24, 2.45) is 0 Å². The van der Waals surface area contributed by atoms with Gasteiger partial charge in [0.1, 0.15) is 22.9 Å². The van der Waals surface area contributed by atoms with Gasteiger partial charge in [0.2, 0.25) is 0 Å². The van der Waals surface area contributed by atoms with Gasteiger partial charge in [-0.1, -0.05) is 18.2 Å². The highest BCUT2D eigenvalue weighted by atomic mass is 16.3. The van der Waals surface area contributed by atoms with E-state index in [-0.39, 0.29) is 6.04 Å². The molecular formula is C16H17NO2. The number of hydrogen-bond donors (Lipinski definition) is 1. The summed E-state index contributed by atoms with van der Waals surface area (Å²) in [4.78, 5) is 0. The predicted octanol–water partition coefficient (Wildman–Crippen LogP) is 3.95. The van der Waals surface area contributed by atoms with Gasteiger partial charge in [-0.15, -0.1) is 0 Å². The normalized spacial score (nSPS) is 13.0. The van der Waals surface area contributed by atoms with Gasteiger partial charge in [0, 0.05) is 10.9 Å². The molecule has 0 aliphatic heterocycles. The third kappa shape index (κ3) is 2.06. The van der Waals surface area contributed by atoms with Gasteiger partial charge >= 0.3 is 0 Å². The summed E-state index contributed by atoms with van der Waals surface area (Å²) in [7, 11) is 1.93. The van der Waals surface area contributed by atoms with Crippen molar-refractivity contribution in [1.82, 2.24) is 5.32 Å². The molecule has 1 N–H and O–H groups in total. The molecule has 2 aromatic heterocycles. The molecule has 0 amide bonds. The minimum atomic E-state index is 0.0184. The summed E-state index contributed by atoms with van der Waals surface area (Å²) in [5.74, 6) is 2.76. The Balaban J connectivity index is 2.09. The van der Waals surface area contributed by atoms with Gasteiger partial charge in [0.25, 0.3) is 0 Å². The molecule has 3 heteroatoms. The van der Waals surface area contributed by atoms with Crippen LogP contribution < -0.4 is 5.32 Å². The molecule has 0 spiro atoms. The lowest BCUT2D eigenvalue weighted by Crippen LogP contribution is -2.17. The second-order valence-corrected chi connectivity index (χ2v) is 4.78. The van der Waals surface area contributed by atoms with Gasteiger partial charge in [-0.3, -0.25) is 0 Å². The molecule has 2 heterocycles. The first-order valence-corrected chi connectivity index (χ1v) is 6.41. The summed E-state index contributed by atoms with van der Waals surface area (Å²) in [5.41, 5.74) is 2.04. The van der Waals surface area contributed by atoms with Crippen LogP contribution in [0.3, 0.4) is 0 Å². The van der Waals surface area contributed by atoms with Gasteiger partial charge in [0.05, 0.1) is 6.04 Å². The zero-order chi connectivity index (χ0) is 13.4. The molecule has 0 bridgehead atoms. The Morgan fingerprint density at radius 2 is 1.84 bits per heavy atom. The number of para-hydroxylation sites is 1. The first kappa shape index (κ1) is 12.1. The monoisotopic (exact) mass is 255 g/mol. The number of nitrogens with one attached hydrogen (secondary N) is 1. The van der Waals surface area contributed by atoms with Gasteiger partial charge in [0.15, 0.2) is 0 Å². The Hall–Kier alpha value is -2.00. The minimum Gasteiger partial charge on any atom is -0.466 e. The second kappa shape index (κ2) is 4.59. The third-order valence-electron chi connectivity index (χ3n) is 3.41. The quantitative estimate of drug-likeness (QED) is 0.770. The molecule has 1 aromatic carbocycles. The van der Waals surface area contributed by atoms with Crippen LogP contribution in [0.1, 0.15) is 28.9 Å². The Kier molecular flexibility index (Phi) is 2.91. The van der Waals surface area contributed by atoms with Crippen molar-refractivity contribution in [2.75, 3.05) is 7.05 Å². The van der Waals surface area contributed by atoms with Crippen LogP contribution in [-0.2, 0) is 0 Å². The van der Waals surface area contributed by atoms with Crippen LogP contribution >= 0.6 is 0 Å². The Morgan fingerprint density at radius 3 is 2.47 bits per heavy atom. The van der Waals surface area contributed by atoms with Crippen molar-refractivity contribution >= 4 is 11.0 Å². The van der Waals surface area contributed by atoms with Gasteiger partial charge in [-0.05, 0) is 39.1 Å². The molecule has 19 heavy (non-hydrogen) atoms. The number of furan rings is 2. The maximum absolute atomic E-state index is 5.94. The molecule has 3 aromatic rings. The van der Waals surface area contributed by atoms with Gasteiger partial charge < -0.3 is 14.2 Å². The number of hydrogen-bond acceptors (Lipinski definition) is 3. The fraction of sp³-hybridized carbons (Fsp3) is 0.250. The Labute approximate surface area is 112 Å². The fourth-order valence-electron chi connectivity index (χ4n) is 2.53. The average molecular weight is 255 g/mol. The maximum atomic E-state index is 5.94. The van der Waals surface area contributed by atoms with Crippen molar-refractivity contribution < 1.29 is 8.83 Å². The molecule has 98 valence electrons. The van der Waals surface area contributed by atoms with E-state index in [9.17, 15) is 0 Å². The maximum Gasteiger partial charge on any atom is 0.134 e. The summed E-state index contributed by atoms with van der Waals surface area (Å²) in [6.45, 7) is 3.94. The molecule has 0 fully saturated rings. The Bertz CT molecular complexity index is 675. The van der Waals surface area contributed by atoms with Crippen molar-refractivity contribution in [3.63, 3.8) is 0 Å². The summed E-state index contributed by atoms with van der Waals surface area (Å²) >= 11 is 0. The largest absolute Gasteiger partial charge is 0.466 e. The molecule has 0 aliphatic carbocycles. The lowest BCUT2D eigenvalue weighted by Gasteiger charge is -2.12. The number of rotatable bonds is 3. The molecule has 0 saturated heterocycles. The van der Waals surface area contributed by atoms with Crippen LogP contribution in [0.5, 0.6) is 0 Å². The van der Waals surface area contributed by atoms with E-state index in [1.165, 1.54) is 0 Å². The van der Waals surface area contributed by atoms with E-state index in [2.05, 4.69) is 23.5 Å². The summed E-state index contributed by atoms with van der Waals surface area (Å²) in [6, 6.07) is 12.2. The van der Waals surface area contributed by atoms with E-state index in [1.807, 2.05) is 39.1 Å². The average Bonchev–Trinajstić information content (AvgIpc) is 2.94. The molecule has 1 atom stereocenters. The van der Waals surface area contributed by atoms with Crippen LogP contribution in [0, 0.1) is 13.8 Å². The first-order chi connectivity index (χ1) is 9.19. The summed E-state index contributed by atoms with van der Waals surface area (Å²) in [5, 5.41) is 4.42. The van der Waals surface area contributed by atoms with E-state index in [4.69, 9.17) is 8.83 Å². The Morgan fingerprint density at radius 1 is 1.05 bits per heavy atom. The predicted molar refractivity (Wildman–Crippen MR) is 75.3 cm³/mol. The van der Waals surface area contributed by atoms with Crippen LogP contribution in [-0.4, -0.2) is 7.05 Å². The van der Waals surface area contributed by atoms with Crippen LogP contribution in [0.4, 0.5) is 0 Å². The standard InChI is InChI=1S/C16H17NO2/c1-10-8-13(11(2)18-10)16(17-3)15-9-12-6-4-5-7-14(12)19-15/h4-9,16-17H,1-3H3. The van der Waals surface area contributed by atoms with Crippen molar-refractivity contribution in [3.8, 4) is 0 Å². The highest BCUT2D eigenvalue weighted by molar-refractivity contribution is 5.78. The zero-order valence-electron chi connectivity index (χ0n) is 11.4. The molecule has 0 radical (unpaired) electrons. The highest BCUT2D eigenvalue weighted by Gasteiger charge is 2.21. The lowest BCUT2D eigenvalue weighted by molar-refractivity contribution is 0.471. The minimum absolute atomic E-state index is 0.0184. The fourth-order valence-corrected chi connectivity index (χ4v) is 2.53. The number of benzene rings is 1. The smallest absolute Gasteiger partial charge is 0.134 e. The highest BCUT2D eigenvalue weighted by Crippen LogP contribution is 2.31. The van der Waals surface area contributed by atoms with Crippen molar-refractivity contribution in [2.45, 2.75) is 19.9 Å². The topological polar surface area (TPSA) is 38.3 Å². The molecular weight excluding hydrogens is 238 g/mol. The number of fused-ring (bicyclic) bond motifs is 1. The van der Waals surface area contributed by atoms with Crippen LogP contribution in [0.25, 0.3) is 11.0 Å². The van der Waals surface area contributed by atoms with Gasteiger partial charge in [-0.2, -0.15) is 0 Å². The van der Waals surface area contributed by atoms with Crippen LogP contribution in [0.2, 0.25) is 0 Å².